The topological polar surface area (TPSA) is 115 Å². The van der Waals surface area contributed by atoms with Crippen LogP contribution in [0.2, 0.25) is 10.0 Å². The Morgan fingerprint density at radius 1 is 0.971 bits per heavy atom. The number of non-ortho nitro benzene ring substituents is 1. The molecule has 1 aliphatic heterocycles. The first-order valence-corrected chi connectivity index (χ1v) is 10.6. The number of anilines is 1. The normalized spacial score (nSPS) is 15.1. The molecule has 0 spiro atoms. The van der Waals surface area contributed by atoms with Crippen LogP contribution in [0, 0.1) is 24.0 Å². The number of hydrogen-bond donors (Lipinski definition) is 1. The summed E-state index contributed by atoms with van der Waals surface area (Å²) in [6.07, 6.45) is 1.38. The molecule has 172 valence electrons. The smallest absolute Gasteiger partial charge is 0.318 e. The van der Waals surface area contributed by atoms with Crippen LogP contribution in [0.5, 0.6) is 0 Å². The molecule has 1 aliphatic rings. The van der Waals surface area contributed by atoms with E-state index in [4.69, 9.17) is 23.2 Å². The van der Waals surface area contributed by atoms with Crippen molar-refractivity contribution in [1.29, 1.82) is 0 Å². The van der Waals surface area contributed by atoms with Crippen molar-refractivity contribution in [2.45, 2.75) is 13.8 Å². The summed E-state index contributed by atoms with van der Waals surface area (Å²) in [5.41, 5.74) is 2.28. The molecule has 0 radical (unpaired) electrons. The SMILES string of the molecule is Cc1cc(/C=C2\C(=O)NC(=O)N(c3ccc(Cl)c(Cl)c3)C2=O)c(C)n1-c1cccc([N+](=O)[O-])c1. The number of nitro groups is 1. The minimum absolute atomic E-state index is 0.0671. The summed E-state index contributed by atoms with van der Waals surface area (Å²) < 4.78 is 1.77. The minimum Gasteiger partial charge on any atom is -0.318 e. The molecule has 1 fully saturated rings. The van der Waals surface area contributed by atoms with Crippen molar-refractivity contribution in [2.24, 2.45) is 0 Å². The van der Waals surface area contributed by atoms with Crippen LogP contribution >= 0.6 is 23.2 Å². The van der Waals surface area contributed by atoms with Crippen LogP contribution in [0.4, 0.5) is 16.2 Å². The third kappa shape index (κ3) is 4.07. The number of aromatic nitrogens is 1. The molecule has 11 heteroatoms. The number of hydrogen-bond acceptors (Lipinski definition) is 5. The number of halogens is 2. The van der Waals surface area contributed by atoms with Gasteiger partial charge >= 0.3 is 6.03 Å². The number of aryl methyl sites for hydroxylation is 1. The molecule has 34 heavy (non-hydrogen) atoms. The Hall–Kier alpha value is -3.95. The van der Waals surface area contributed by atoms with E-state index < -0.39 is 22.8 Å². The van der Waals surface area contributed by atoms with Crippen molar-refractivity contribution in [3.8, 4) is 5.69 Å². The van der Waals surface area contributed by atoms with Gasteiger partial charge in [0, 0.05) is 23.5 Å². The standard InChI is InChI=1S/C23H16Cl2N4O5/c1-12-8-14(13(2)27(12)15-4-3-5-17(10-15)29(33)34)9-18-21(30)26-23(32)28(22(18)31)16-6-7-19(24)20(25)11-16/h3-11H,1-2H3,(H,26,30,32)/b18-9+. The Morgan fingerprint density at radius 2 is 1.71 bits per heavy atom. The first-order valence-electron chi connectivity index (χ1n) is 9.88. The average Bonchev–Trinajstić information content (AvgIpc) is 3.06. The lowest BCUT2D eigenvalue weighted by Crippen LogP contribution is -2.54. The van der Waals surface area contributed by atoms with Gasteiger partial charge < -0.3 is 4.57 Å². The van der Waals surface area contributed by atoms with Crippen molar-refractivity contribution < 1.29 is 19.3 Å². The Labute approximate surface area is 203 Å². The van der Waals surface area contributed by atoms with Crippen LogP contribution in [0.1, 0.15) is 17.0 Å². The van der Waals surface area contributed by atoms with E-state index in [1.165, 1.54) is 36.4 Å². The highest BCUT2D eigenvalue weighted by molar-refractivity contribution is 6.43. The van der Waals surface area contributed by atoms with Gasteiger partial charge in [0.15, 0.2) is 0 Å². The Morgan fingerprint density at radius 3 is 2.38 bits per heavy atom. The van der Waals surface area contributed by atoms with Gasteiger partial charge in [-0.2, -0.15) is 0 Å². The second kappa shape index (κ2) is 8.77. The van der Waals surface area contributed by atoms with E-state index in [0.29, 0.717) is 16.9 Å². The first kappa shape index (κ1) is 23.2. The summed E-state index contributed by atoms with van der Waals surface area (Å²) in [6, 6.07) is 11.2. The fourth-order valence-corrected chi connectivity index (χ4v) is 4.04. The summed E-state index contributed by atoms with van der Waals surface area (Å²) >= 11 is 11.9. The summed E-state index contributed by atoms with van der Waals surface area (Å²) in [5, 5.41) is 13.7. The number of urea groups is 1. The van der Waals surface area contributed by atoms with Gasteiger partial charge in [0.2, 0.25) is 0 Å². The number of nitrogens with one attached hydrogen (secondary N) is 1. The predicted molar refractivity (Wildman–Crippen MR) is 127 cm³/mol. The highest BCUT2D eigenvalue weighted by Crippen LogP contribution is 2.30. The van der Waals surface area contributed by atoms with Crippen molar-refractivity contribution in [3.63, 3.8) is 0 Å². The fraction of sp³-hybridized carbons (Fsp3) is 0.0870. The van der Waals surface area contributed by atoms with E-state index in [1.54, 1.807) is 36.6 Å². The number of benzene rings is 2. The quantitative estimate of drug-likeness (QED) is 0.236. The van der Waals surface area contributed by atoms with E-state index in [1.807, 2.05) is 0 Å². The van der Waals surface area contributed by atoms with Crippen LogP contribution in [0.15, 0.2) is 54.1 Å². The van der Waals surface area contributed by atoms with Crippen molar-refractivity contribution in [2.75, 3.05) is 4.90 Å². The monoisotopic (exact) mass is 498 g/mol. The lowest BCUT2D eigenvalue weighted by atomic mass is 10.1. The molecule has 2 aromatic carbocycles. The molecule has 4 rings (SSSR count). The second-order valence-corrected chi connectivity index (χ2v) is 8.31. The van der Waals surface area contributed by atoms with Crippen molar-refractivity contribution >= 4 is 58.5 Å². The molecular weight excluding hydrogens is 483 g/mol. The molecule has 0 unspecified atom stereocenters. The maximum Gasteiger partial charge on any atom is 0.335 e. The van der Waals surface area contributed by atoms with Gasteiger partial charge in [-0.1, -0.05) is 29.3 Å². The number of imide groups is 2. The molecule has 4 amide bonds. The van der Waals surface area contributed by atoms with Gasteiger partial charge in [-0.15, -0.1) is 0 Å². The summed E-state index contributed by atoms with van der Waals surface area (Å²) in [4.78, 5) is 49.6. The molecule has 0 aliphatic carbocycles. The van der Waals surface area contributed by atoms with Crippen LogP contribution in [-0.2, 0) is 9.59 Å². The number of nitrogens with zero attached hydrogens (tertiary/aromatic N) is 3. The van der Waals surface area contributed by atoms with Crippen LogP contribution < -0.4 is 10.2 Å². The highest BCUT2D eigenvalue weighted by atomic mass is 35.5. The lowest BCUT2D eigenvalue weighted by Gasteiger charge is -2.26. The van der Waals surface area contributed by atoms with Crippen LogP contribution in [0.25, 0.3) is 11.8 Å². The van der Waals surface area contributed by atoms with Gasteiger partial charge in [0.25, 0.3) is 17.5 Å². The molecule has 0 bridgehead atoms. The van der Waals surface area contributed by atoms with E-state index in [9.17, 15) is 24.5 Å². The Bertz CT molecular complexity index is 1430. The second-order valence-electron chi connectivity index (χ2n) is 7.50. The van der Waals surface area contributed by atoms with Crippen LogP contribution in [-0.4, -0.2) is 27.3 Å². The van der Waals surface area contributed by atoms with E-state index >= 15 is 0 Å². The molecule has 3 aromatic rings. The first-order chi connectivity index (χ1) is 16.1. The summed E-state index contributed by atoms with van der Waals surface area (Å²) in [7, 11) is 0. The van der Waals surface area contributed by atoms with Gasteiger partial charge in [-0.25, -0.2) is 9.69 Å². The number of carbonyl (C=O) groups is 3. The third-order valence-electron chi connectivity index (χ3n) is 5.33. The van der Waals surface area contributed by atoms with Gasteiger partial charge in [-0.05, 0) is 55.8 Å². The zero-order valence-corrected chi connectivity index (χ0v) is 19.3. The molecule has 0 saturated carbocycles. The summed E-state index contributed by atoms with van der Waals surface area (Å²) in [5.74, 6) is -1.67. The third-order valence-corrected chi connectivity index (χ3v) is 6.07. The number of nitro benzene ring substituents is 1. The number of amides is 4. The molecule has 0 atom stereocenters. The average molecular weight is 499 g/mol. The van der Waals surface area contributed by atoms with Gasteiger partial charge in [0.1, 0.15) is 5.57 Å². The van der Waals surface area contributed by atoms with Crippen molar-refractivity contribution in [3.05, 3.63) is 91.2 Å². The largest absolute Gasteiger partial charge is 0.335 e. The molecular formula is C23H16Cl2N4O5. The van der Waals surface area contributed by atoms with Gasteiger partial charge in [-0.3, -0.25) is 25.0 Å². The molecule has 2 heterocycles. The number of rotatable bonds is 4. The molecule has 1 N–H and O–H groups in total. The molecule has 9 nitrogen and oxygen atoms in total. The maximum absolute atomic E-state index is 13.2. The summed E-state index contributed by atoms with van der Waals surface area (Å²) in [6.45, 7) is 3.55. The van der Waals surface area contributed by atoms with E-state index in [-0.39, 0.29) is 27.0 Å². The van der Waals surface area contributed by atoms with Gasteiger partial charge in [0.05, 0.1) is 26.3 Å². The highest BCUT2D eigenvalue weighted by Gasteiger charge is 2.37. The maximum atomic E-state index is 13.2. The number of barbiturate groups is 1. The van der Waals surface area contributed by atoms with E-state index in [0.717, 1.165) is 10.6 Å². The van der Waals surface area contributed by atoms with E-state index in [2.05, 4.69) is 5.32 Å². The zero-order chi connectivity index (χ0) is 24.7. The lowest BCUT2D eigenvalue weighted by molar-refractivity contribution is -0.384. The predicted octanol–water partition coefficient (Wildman–Crippen LogP) is 4.98. The zero-order valence-electron chi connectivity index (χ0n) is 17.8. The van der Waals surface area contributed by atoms with Crippen LogP contribution in [0.3, 0.4) is 0 Å². The van der Waals surface area contributed by atoms with Crippen molar-refractivity contribution in [1.82, 2.24) is 9.88 Å². The Kier molecular flexibility index (Phi) is 5.99. The Balaban J connectivity index is 1.77. The molecule has 1 saturated heterocycles. The minimum atomic E-state index is -0.910. The number of carbonyl (C=O) groups excluding carboxylic acids is 3. The fourth-order valence-electron chi connectivity index (χ4n) is 3.75. The molecule has 1 aromatic heterocycles.